The summed E-state index contributed by atoms with van der Waals surface area (Å²) in [6, 6.07) is 1.16. The number of H-pyrrole nitrogens is 1. The Bertz CT molecular complexity index is 491. The normalized spacial score (nSPS) is 22.2. The van der Waals surface area contributed by atoms with Crippen LogP contribution in [0, 0.1) is 0 Å². The van der Waals surface area contributed by atoms with Gasteiger partial charge in [0.05, 0.1) is 17.6 Å². The fourth-order valence-electron chi connectivity index (χ4n) is 2.05. The summed E-state index contributed by atoms with van der Waals surface area (Å²) in [4.78, 5) is 2.84. The smallest absolute Gasteiger partial charge is 0.242 e. The van der Waals surface area contributed by atoms with Crippen molar-refractivity contribution in [2.24, 2.45) is 0 Å². The van der Waals surface area contributed by atoms with Crippen molar-refractivity contribution in [3.8, 4) is 0 Å². The molecule has 0 radical (unpaired) electrons. The van der Waals surface area contributed by atoms with Gasteiger partial charge in [0, 0.05) is 24.5 Å². The standard InChI is InChI=1S/C11H18N2O4S/c1-8(11-3-2-4-17-11)13-18(15,16)10-5-9(7-14)12-6-10/h5-6,8,11-14H,2-4,7H2,1H3. The zero-order valence-electron chi connectivity index (χ0n) is 10.2. The van der Waals surface area contributed by atoms with Gasteiger partial charge in [-0.2, -0.15) is 0 Å². The molecule has 0 aliphatic carbocycles. The third-order valence-electron chi connectivity index (χ3n) is 3.06. The van der Waals surface area contributed by atoms with Crippen molar-refractivity contribution in [1.29, 1.82) is 0 Å². The number of rotatable bonds is 5. The highest BCUT2D eigenvalue weighted by Gasteiger charge is 2.27. The summed E-state index contributed by atoms with van der Waals surface area (Å²) in [6.45, 7) is 2.28. The van der Waals surface area contributed by atoms with Crippen LogP contribution in [0.4, 0.5) is 0 Å². The predicted molar refractivity (Wildman–Crippen MR) is 65.5 cm³/mol. The molecule has 1 aliphatic rings. The van der Waals surface area contributed by atoms with Crippen LogP contribution in [0.2, 0.25) is 0 Å². The van der Waals surface area contributed by atoms with Crippen LogP contribution in [0.1, 0.15) is 25.5 Å². The van der Waals surface area contributed by atoms with E-state index in [1.165, 1.54) is 12.3 Å². The monoisotopic (exact) mass is 274 g/mol. The Labute approximate surface area is 106 Å². The Morgan fingerprint density at radius 3 is 3.00 bits per heavy atom. The fourth-order valence-corrected chi connectivity index (χ4v) is 3.34. The zero-order valence-corrected chi connectivity index (χ0v) is 11.0. The number of aromatic nitrogens is 1. The van der Waals surface area contributed by atoms with Crippen molar-refractivity contribution in [1.82, 2.24) is 9.71 Å². The SMILES string of the molecule is CC(NS(=O)(=O)c1c[nH]c(CO)c1)C1CCCO1. The largest absolute Gasteiger partial charge is 0.390 e. The molecule has 6 nitrogen and oxygen atoms in total. The molecular weight excluding hydrogens is 256 g/mol. The van der Waals surface area contributed by atoms with Crippen LogP contribution < -0.4 is 4.72 Å². The Morgan fingerprint density at radius 2 is 2.44 bits per heavy atom. The summed E-state index contributed by atoms with van der Waals surface area (Å²) in [5, 5.41) is 8.90. The van der Waals surface area contributed by atoms with Gasteiger partial charge in [0.15, 0.2) is 0 Å². The van der Waals surface area contributed by atoms with Crippen molar-refractivity contribution in [3.63, 3.8) is 0 Å². The zero-order chi connectivity index (χ0) is 13.2. The van der Waals surface area contributed by atoms with Gasteiger partial charge in [-0.05, 0) is 25.8 Å². The van der Waals surface area contributed by atoms with Crippen LogP contribution in [0.25, 0.3) is 0 Å². The summed E-state index contributed by atoms with van der Waals surface area (Å²) in [7, 11) is -3.56. The molecule has 102 valence electrons. The lowest BCUT2D eigenvalue weighted by Crippen LogP contribution is -2.40. The van der Waals surface area contributed by atoms with Crippen molar-refractivity contribution in [3.05, 3.63) is 18.0 Å². The molecule has 0 spiro atoms. The van der Waals surface area contributed by atoms with Crippen LogP contribution in [-0.2, 0) is 21.4 Å². The first-order valence-electron chi connectivity index (χ1n) is 5.95. The second-order valence-electron chi connectivity index (χ2n) is 4.48. The third-order valence-corrected chi connectivity index (χ3v) is 4.60. The highest BCUT2D eigenvalue weighted by molar-refractivity contribution is 7.89. The minimum absolute atomic E-state index is 0.0592. The second kappa shape index (κ2) is 5.40. The van der Waals surface area contributed by atoms with Gasteiger partial charge in [0.1, 0.15) is 0 Å². The van der Waals surface area contributed by atoms with Crippen molar-refractivity contribution in [2.75, 3.05) is 6.61 Å². The molecular formula is C11H18N2O4S. The molecule has 2 rings (SSSR count). The van der Waals surface area contributed by atoms with Gasteiger partial charge in [-0.3, -0.25) is 0 Å². The van der Waals surface area contributed by atoms with Crippen LogP contribution in [0.3, 0.4) is 0 Å². The minimum Gasteiger partial charge on any atom is -0.390 e. The molecule has 18 heavy (non-hydrogen) atoms. The van der Waals surface area contributed by atoms with E-state index in [4.69, 9.17) is 9.84 Å². The van der Waals surface area contributed by atoms with Gasteiger partial charge in [-0.1, -0.05) is 0 Å². The lowest BCUT2D eigenvalue weighted by molar-refractivity contribution is 0.0902. The lowest BCUT2D eigenvalue weighted by atomic mass is 10.1. The Kier molecular flexibility index (Phi) is 4.06. The topological polar surface area (TPSA) is 91.4 Å². The van der Waals surface area contributed by atoms with E-state index in [1.54, 1.807) is 6.92 Å². The van der Waals surface area contributed by atoms with Gasteiger partial charge < -0.3 is 14.8 Å². The Hall–Kier alpha value is -0.890. The van der Waals surface area contributed by atoms with E-state index in [0.29, 0.717) is 12.3 Å². The van der Waals surface area contributed by atoms with Gasteiger partial charge in [0.2, 0.25) is 10.0 Å². The first-order valence-corrected chi connectivity index (χ1v) is 7.43. The third kappa shape index (κ3) is 2.92. The molecule has 1 saturated heterocycles. The van der Waals surface area contributed by atoms with Gasteiger partial charge in [-0.15, -0.1) is 0 Å². The molecule has 0 amide bonds. The van der Waals surface area contributed by atoms with Crippen LogP contribution in [0.5, 0.6) is 0 Å². The molecule has 1 fully saturated rings. The molecule has 1 aromatic rings. The van der Waals surface area contributed by atoms with E-state index in [2.05, 4.69) is 9.71 Å². The molecule has 2 heterocycles. The molecule has 2 atom stereocenters. The van der Waals surface area contributed by atoms with E-state index < -0.39 is 10.0 Å². The van der Waals surface area contributed by atoms with E-state index in [9.17, 15) is 8.42 Å². The fraction of sp³-hybridized carbons (Fsp3) is 0.636. The number of sulfonamides is 1. The molecule has 0 saturated carbocycles. The maximum Gasteiger partial charge on any atom is 0.242 e. The first kappa shape index (κ1) is 13.5. The van der Waals surface area contributed by atoms with E-state index >= 15 is 0 Å². The van der Waals surface area contributed by atoms with Gasteiger partial charge >= 0.3 is 0 Å². The van der Waals surface area contributed by atoms with Crippen LogP contribution in [0.15, 0.2) is 17.2 Å². The molecule has 0 bridgehead atoms. The average Bonchev–Trinajstić information content (AvgIpc) is 3.00. The number of nitrogens with one attached hydrogen (secondary N) is 2. The Balaban J connectivity index is 2.06. The number of hydrogen-bond donors (Lipinski definition) is 3. The summed E-state index contributed by atoms with van der Waals surface area (Å²) in [5.41, 5.74) is 0.472. The highest BCUT2D eigenvalue weighted by atomic mass is 32.2. The molecule has 1 aromatic heterocycles. The van der Waals surface area contributed by atoms with E-state index in [-0.39, 0.29) is 23.6 Å². The summed E-state index contributed by atoms with van der Waals surface area (Å²) in [5.74, 6) is 0. The number of aliphatic hydroxyl groups excluding tert-OH is 1. The second-order valence-corrected chi connectivity index (χ2v) is 6.19. The number of hydrogen-bond acceptors (Lipinski definition) is 4. The van der Waals surface area contributed by atoms with Crippen molar-refractivity contribution >= 4 is 10.0 Å². The minimum atomic E-state index is -3.56. The van der Waals surface area contributed by atoms with E-state index in [0.717, 1.165) is 12.8 Å². The predicted octanol–water partition coefficient (Wildman–Crippen LogP) is 0.353. The number of ether oxygens (including phenoxy) is 1. The first-order chi connectivity index (χ1) is 8.53. The van der Waals surface area contributed by atoms with E-state index in [1.807, 2.05) is 0 Å². The van der Waals surface area contributed by atoms with Crippen LogP contribution in [-0.4, -0.2) is 37.3 Å². The van der Waals surface area contributed by atoms with Gasteiger partial charge in [-0.25, -0.2) is 13.1 Å². The molecule has 2 unspecified atom stereocenters. The maximum atomic E-state index is 12.1. The maximum absolute atomic E-state index is 12.1. The highest BCUT2D eigenvalue weighted by Crippen LogP contribution is 2.18. The summed E-state index contributed by atoms with van der Waals surface area (Å²) >= 11 is 0. The molecule has 7 heteroatoms. The molecule has 0 aromatic carbocycles. The lowest BCUT2D eigenvalue weighted by Gasteiger charge is -2.19. The Morgan fingerprint density at radius 1 is 1.67 bits per heavy atom. The molecule has 3 N–H and O–H groups in total. The summed E-state index contributed by atoms with van der Waals surface area (Å²) < 4.78 is 32.2. The quantitative estimate of drug-likeness (QED) is 0.722. The van der Waals surface area contributed by atoms with Crippen molar-refractivity contribution < 1.29 is 18.3 Å². The van der Waals surface area contributed by atoms with Crippen molar-refractivity contribution in [2.45, 2.75) is 43.4 Å². The number of aliphatic hydroxyl groups is 1. The average molecular weight is 274 g/mol. The summed E-state index contributed by atoms with van der Waals surface area (Å²) in [6.07, 6.45) is 3.15. The van der Waals surface area contributed by atoms with Gasteiger partial charge in [0.25, 0.3) is 0 Å². The number of aromatic amines is 1. The van der Waals surface area contributed by atoms with Crippen LogP contribution >= 0.6 is 0 Å². The molecule has 1 aliphatic heterocycles.